The van der Waals surface area contributed by atoms with Crippen LogP contribution in [0.2, 0.25) is 0 Å². The Morgan fingerprint density at radius 2 is 2.09 bits per heavy atom. The van der Waals surface area contributed by atoms with Crippen molar-refractivity contribution in [1.29, 1.82) is 0 Å². The first-order chi connectivity index (χ1) is 11.1. The summed E-state index contributed by atoms with van der Waals surface area (Å²) in [4.78, 5) is 14.3. The highest BCUT2D eigenvalue weighted by Gasteiger charge is 2.17. The van der Waals surface area contributed by atoms with Crippen LogP contribution in [0.3, 0.4) is 0 Å². The summed E-state index contributed by atoms with van der Waals surface area (Å²) < 4.78 is 0. The van der Waals surface area contributed by atoms with Crippen LogP contribution >= 0.6 is 0 Å². The van der Waals surface area contributed by atoms with Gasteiger partial charge in [0.05, 0.1) is 0 Å². The van der Waals surface area contributed by atoms with E-state index in [1.165, 1.54) is 36.9 Å². The molecule has 1 unspecified atom stereocenters. The molecule has 0 saturated carbocycles. The number of aryl methyl sites for hydroxylation is 1. The van der Waals surface area contributed by atoms with Gasteiger partial charge in [-0.05, 0) is 51.6 Å². The average Bonchev–Trinajstić information content (AvgIpc) is 2.53. The normalized spacial score (nSPS) is 18.6. The highest BCUT2D eigenvalue weighted by Crippen LogP contribution is 2.15. The fourth-order valence-electron chi connectivity index (χ4n) is 3.22. The van der Waals surface area contributed by atoms with Gasteiger partial charge in [-0.3, -0.25) is 0 Å². The van der Waals surface area contributed by atoms with Gasteiger partial charge < -0.3 is 15.5 Å². The Kier molecular flexibility index (Phi) is 7.40. The SMILES string of the molecule is Cc1cccc(CCNC(=O)NCCCN2CCCCC2C)c1. The predicted octanol–water partition coefficient (Wildman–Crippen LogP) is 3.10. The zero-order chi connectivity index (χ0) is 16.5. The molecular formula is C19H31N3O. The van der Waals surface area contributed by atoms with Gasteiger partial charge in [0, 0.05) is 25.7 Å². The molecule has 1 fully saturated rings. The highest BCUT2D eigenvalue weighted by molar-refractivity contribution is 5.73. The molecule has 0 radical (unpaired) electrons. The number of piperidine rings is 1. The van der Waals surface area contributed by atoms with Gasteiger partial charge in [-0.2, -0.15) is 0 Å². The smallest absolute Gasteiger partial charge is 0.314 e. The second-order valence-electron chi connectivity index (χ2n) is 6.66. The van der Waals surface area contributed by atoms with Gasteiger partial charge in [0.1, 0.15) is 0 Å². The number of urea groups is 1. The third kappa shape index (κ3) is 6.61. The maximum atomic E-state index is 11.8. The van der Waals surface area contributed by atoms with E-state index in [1.807, 2.05) is 0 Å². The van der Waals surface area contributed by atoms with Crippen LogP contribution in [0.1, 0.15) is 43.7 Å². The molecule has 1 aromatic rings. The first kappa shape index (κ1) is 17.8. The molecule has 2 amide bonds. The Morgan fingerprint density at radius 1 is 1.26 bits per heavy atom. The van der Waals surface area contributed by atoms with E-state index in [4.69, 9.17) is 0 Å². The lowest BCUT2D eigenvalue weighted by molar-refractivity contribution is 0.159. The molecule has 0 aliphatic carbocycles. The molecule has 1 aromatic carbocycles. The molecule has 2 N–H and O–H groups in total. The van der Waals surface area contributed by atoms with E-state index in [9.17, 15) is 4.79 Å². The Morgan fingerprint density at radius 3 is 2.87 bits per heavy atom. The van der Waals surface area contributed by atoms with Crippen LogP contribution in [0.25, 0.3) is 0 Å². The molecule has 1 saturated heterocycles. The summed E-state index contributed by atoms with van der Waals surface area (Å²) in [6.07, 6.45) is 5.89. The minimum atomic E-state index is -0.0515. The lowest BCUT2D eigenvalue weighted by Crippen LogP contribution is -2.41. The fourth-order valence-corrected chi connectivity index (χ4v) is 3.22. The minimum Gasteiger partial charge on any atom is -0.338 e. The van der Waals surface area contributed by atoms with E-state index >= 15 is 0 Å². The van der Waals surface area contributed by atoms with Crippen LogP contribution in [0, 0.1) is 6.92 Å². The Hall–Kier alpha value is -1.55. The third-order valence-electron chi connectivity index (χ3n) is 4.63. The third-order valence-corrected chi connectivity index (χ3v) is 4.63. The number of likely N-dealkylation sites (tertiary alicyclic amines) is 1. The van der Waals surface area contributed by atoms with Crippen molar-refractivity contribution in [2.75, 3.05) is 26.2 Å². The van der Waals surface area contributed by atoms with Gasteiger partial charge in [-0.1, -0.05) is 36.2 Å². The molecule has 0 aromatic heterocycles. The Balaban J connectivity index is 1.53. The molecule has 4 heteroatoms. The van der Waals surface area contributed by atoms with Gasteiger partial charge in [0.2, 0.25) is 0 Å². The maximum absolute atomic E-state index is 11.8. The minimum absolute atomic E-state index is 0.0515. The van der Waals surface area contributed by atoms with Crippen molar-refractivity contribution in [3.63, 3.8) is 0 Å². The van der Waals surface area contributed by atoms with Crippen molar-refractivity contribution < 1.29 is 4.79 Å². The second-order valence-corrected chi connectivity index (χ2v) is 6.66. The predicted molar refractivity (Wildman–Crippen MR) is 95.8 cm³/mol. The van der Waals surface area contributed by atoms with E-state index in [0.29, 0.717) is 12.6 Å². The van der Waals surface area contributed by atoms with Crippen LogP contribution in [0.4, 0.5) is 4.79 Å². The van der Waals surface area contributed by atoms with E-state index in [-0.39, 0.29) is 6.03 Å². The molecule has 1 aliphatic rings. The monoisotopic (exact) mass is 317 g/mol. The topological polar surface area (TPSA) is 44.4 Å². The standard InChI is InChI=1S/C19H31N3O/c1-16-7-5-9-18(15-16)10-12-21-19(23)20-11-6-14-22-13-4-3-8-17(22)2/h5,7,9,15,17H,3-4,6,8,10-14H2,1-2H3,(H2,20,21,23). The van der Waals surface area contributed by atoms with Gasteiger partial charge in [0.25, 0.3) is 0 Å². The Labute approximate surface area is 140 Å². The number of carbonyl (C=O) groups is 1. The van der Waals surface area contributed by atoms with Crippen LogP contribution in [0.15, 0.2) is 24.3 Å². The molecular weight excluding hydrogens is 286 g/mol. The van der Waals surface area contributed by atoms with Gasteiger partial charge in [-0.25, -0.2) is 4.79 Å². The van der Waals surface area contributed by atoms with Crippen LogP contribution in [-0.2, 0) is 6.42 Å². The maximum Gasteiger partial charge on any atom is 0.314 e. The number of hydrogen-bond acceptors (Lipinski definition) is 2. The molecule has 0 spiro atoms. The largest absolute Gasteiger partial charge is 0.338 e. The quantitative estimate of drug-likeness (QED) is 0.759. The first-order valence-electron chi connectivity index (χ1n) is 8.96. The van der Waals surface area contributed by atoms with Crippen molar-refractivity contribution in [3.05, 3.63) is 35.4 Å². The van der Waals surface area contributed by atoms with Gasteiger partial charge in [0.15, 0.2) is 0 Å². The molecule has 2 rings (SSSR count). The Bertz CT molecular complexity index is 489. The van der Waals surface area contributed by atoms with Gasteiger partial charge >= 0.3 is 6.03 Å². The molecule has 23 heavy (non-hydrogen) atoms. The van der Waals surface area contributed by atoms with Gasteiger partial charge in [-0.15, -0.1) is 0 Å². The van der Waals surface area contributed by atoms with E-state index in [1.54, 1.807) is 0 Å². The first-order valence-corrected chi connectivity index (χ1v) is 8.96. The summed E-state index contributed by atoms with van der Waals surface area (Å²) in [5.74, 6) is 0. The van der Waals surface area contributed by atoms with Crippen molar-refractivity contribution in [2.45, 2.75) is 52.0 Å². The number of hydrogen-bond donors (Lipinski definition) is 2. The van der Waals surface area contributed by atoms with Crippen molar-refractivity contribution in [3.8, 4) is 0 Å². The van der Waals surface area contributed by atoms with E-state index < -0.39 is 0 Å². The summed E-state index contributed by atoms with van der Waals surface area (Å²) >= 11 is 0. The number of rotatable bonds is 7. The summed E-state index contributed by atoms with van der Waals surface area (Å²) in [5.41, 5.74) is 2.53. The molecule has 1 heterocycles. The highest BCUT2D eigenvalue weighted by atomic mass is 16.2. The molecule has 0 bridgehead atoms. The summed E-state index contributed by atoms with van der Waals surface area (Å²) in [7, 11) is 0. The van der Waals surface area contributed by atoms with Crippen molar-refractivity contribution in [1.82, 2.24) is 15.5 Å². The molecule has 1 aliphatic heterocycles. The lowest BCUT2D eigenvalue weighted by Gasteiger charge is -2.33. The van der Waals surface area contributed by atoms with E-state index in [0.717, 1.165) is 25.9 Å². The molecule has 1 atom stereocenters. The number of nitrogens with one attached hydrogen (secondary N) is 2. The lowest BCUT2D eigenvalue weighted by atomic mass is 10.0. The van der Waals surface area contributed by atoms with Crippen LogP contribution in [-0.4, -0.2) is 43.2 Å². The van der Waals surface area contributed by atoms with Crippen molar-refractivity contribution in [2.24, 2.45) is 0 Å². The molecule has 4 nitrogen and oxygen atoms in total. The van der Waals surface area contributed by atoms with E-state index in [2.05, 4.69) is 53.6 Å². The van der Waals surface area contributed by atoms with Crippen LogP contribution < -0.4 is 10.6 Å². The number of carbonyl (C=O) groups excluding carboxylic acids is 1. The summed E-state index contributed by atoms with van der Waals surface area (Å²) in [6.45, 7) is 8.13. The zero-order valence-corrected chi connectivity index (χ0v) is 14.6. The van der Waals surface area contributed by atoms with Crippen LogP contribution in [0.5, 0.6) is 0 Å². The summed E-state index contributed by atoms with van der Waals surface area (Å²) in [5, 5.41) is 5.89. The number of benzene rings is 1. The number of nitrogens with zero attached hydrogens (tertiary/aromatic N) is 1. The molecule has 128 valence electrons. The average molecular weight is 317 g/mol. The zero-order valence-electron chi connectivity index (χ0n) is 14.6. The fraction of sp³-hybridized carbons (Fsp3) is 0.632. The number of amides is 2. The second kappa shape index (κ2) is 9.56. The van der Waals surface area contributed by atoms with Crippen molar-refractivity contribution >= 4 is 6.03 Å². The summed E-state index contributed by atoms with van der Waals surface area (Å²) in [6, 6.07) is 9.07.